The summed E-state index contributed by atoms with van der Waals surface area (Å²) in [6.07, 6.45) is 1.24. The summed E-state index contributed by atoms with van der Waals surface area (Å²) in [5.41, 5.74) is 1.11. The molecular formula is C34H35F4N5O4S. The Morgan fingerprint density at radius 3 is 2.44 bits per heavy atom. The number of allylic oxidation sites excluding steroid dienone is 1. The van der Waals surface area contributed by atoms with Crippen molar-refractivity contribution in [1.29, 1.82) is 0 Å². The van der Waals surface area contributed by atoms with Gasteiger partial charge < -0.3 is 9.64 Å². The minimum absolute atomic E-state index is 0.0384. The van der Waals surface area contributed by atoms with Gasteiger partial charge in [0.1, 0.15) is 6.10 Å². The molecule has 0 bridgehead atoms. The van der Waals surface area contributed by atoms with Gasteiger partial charge in [-0.2, -0.15) is 17.6 Å². The third-order valence-corrected chi connectivity index (χ3v) is 9.08. The maximum Gasteiger partial charge on any atom is 0.393 e. The van der Waals surface area contributed by atoms with Gasteiger partial charge in [-0.3, -0.25) is 14.8 Å². The third-order valence-electron chi connectivity index (χ3n) is 7.95. The second-order valence-electron chi connectivity index (χ2n) is 11.9. The molecule has 1 fully saturated rings. The maximum atomic E-state index is 14.5. The largest absolute Gasteiger partial charge is 0.473 e. The molecule has 1 N–H and O–H groups in total. The van der Waals surface area contributed by atoms with Crippen molar-refractivity contribution in [2.24, 2.45) is 0 Å². The molecule has 1 saturated heterocycles. The number of rotatable bonds is 10. The number of aromatic amines is 1. The number of nitrogens with one attached hydrogen (secondary N) is 1. The lowest BCUT2D eigenvalue weighted by Gasteiger charge is -2.31. The number of likely N-dealkylation sites (N-methyl/N-ethyl adjacent to an activating group) is 1. The van der Waals surface area contributed by atoms with Crippen LogP contribution in [0.1, 0.15) is 36.0 Å². The molecule has 0 saturated carbocycles. The van der Waals surface area contributed by atoms with Crippen molar-refractivity contribution >= 4 is 37.8 Å². The van der Waals surface area contributed by atoms with Crippen LogP contribution >= 0.6 is 0 Å². The van der Waals surface area contributed by atoms with E-state index in [1.54, 1.807) is 32.3 Å². The number of nitrogens with zero attached hydrogens (tertiary/aromatic N) is 4. The van der Waals surface area contributed by atoms with E-state index >= 15 is 0 Å². The molecular weight excluding hydrogens is 650 g/mol. The van der Waals surface area contributed by atoms with Crippen LogP contribution in [0.15, 0.2) is 77.8 Å². The molecule has 1 amide bonds. The number of pyridine rings is 1. The highest BCUT2D eigenvalue weighted by atomic mass is 32.2. The zero-order valence-corrected chi connectivity index (χ0v) is 27.4. The average Bonchev–Trinajstić information content (AvgIpc) is 3.40. The Hall–Kier alpha value is -4.56. The summed E-state index contributed by atoms with van der Waals surface area (Å²) in [7, 11) is -0.231. The zero-order valence-electron chi connectivity index (χ0n) is 26.6. The van der Waals surface area contributed by atoms with Crippen molar-refractivity contribution in [3.63, 3.8) is 0 Å². The van der Waals surface area contributed by atoms with Gasteiger partial charge in [-0.1, -0.05) is 24.3 Å². The quantitative estimate of drug-likeness (QED) is 0.126. The molecule has 4 aromatic rings. The van der Waals surface area contributed by atoms with Crippen molar-refractivity contribution in [2.75, 3.05) is 40.0 Å². The van der Waals surface area contributed by atoms with Gasteiger partial charge in [0.2, 0.25) is 17.7 Å². The number of carbonyl (C=O) groups excluding carboxylic acids is 1. The van der Waals surface area contributed by atoms with E-state index in [9.17, 15) is 30.8 Å². The first kappa shape index (κ1) is 34.8. The number of aromatic nitrogens is 3. The van der Waals surface area contributed by atoms with E-state index in [1.165, 1.54) is 53.6 Å². The molecule has 2 aromatic carbocycles. The highest BCUT2D eigenvalue weighted by Gasteiger charge is 2.32. The molecule has 5 rings (SSSR count). The number of piperidine rings is 1. The first-order valence-corrected chi connectivity index (χ1v) is 17.0. The zero-order chi connectivity index (χ0) is 34.6. The van der Waals surface area contributed by atoms with Crippen LogP contribution in [0.25, 0.3) is 22.0 Å². The fourth-order valence-corrected chi connectivity index (χ4v) is 6.22. The summed E-state index contributed by atoms with van der Waals surface area (Å²) >= 11 is 0. The lowest BCUT2D eigenvalue weighted by Crippen LogP contribution is -2.41. The fourth-order valence-electron chi connectivity index (χ4n) is 5.59. The summed E-state index contributed by atoms with van der Waals surface area (Å²) in [6.45, 7) is 2.02. The molecule has 254 valence electrons. The Morgan fingerprint density at radius 2 is 1.79 bits per heavy atom. The van der Waals surface area contributed by atoms with E-state index in [1.807, 2.05) is 6.08 Å². The van der Waals surface area contributed by atoms with Crippen LogP contribution in [0, 0.1) is 5.95 Å². The number of H-pyrrole nitrogens is 1. The van der Waals surface area contributed by atoms with E-state index < -0.39 is 28.4 Å². The first-order chi connectivity index (χ1) is 22.7. The maximum absolute atomic E-state index is 14.5. The van der Waals surface area contributed by atoms with Gasteiger partial charge in [0.15, 0.2) is 9.84 Å². The summed E-state index contributed by atoms with van der Waals surface area (Å²) in [5.74, 6) is -0.615. The van der Waals surface area contributed by atoms with Crippen molar-refractivity contribution in [3.05, 3.63) is 95.6 Å². The highest BCUT2D eigenvalue weighted by molar-refractivity contribution is 7.90. The second-order valence-corrected chi connectivity index (χ2v) is 13.9. The molecule has 1 atom stereocenters. The monoisotopic (exact) mass is 685 g/mol. The summed E-state index contributed by atoms with van der Waals surface area (Å²) < 4.78 is 87.3. The van der Waals surface area contributed by atoms with Gasteiger partial charge in [-0.25, -0.2) is 13.4 Å². The minimum atomic E-state index is -4.64. The molecule has 14 heteroatoms. The number of benzene rings is 2. The molecule has 0 unspecified atom stereocenters. The first-order valence-electron chi connectivity index (χ1n) is 15.2. The van der Waals surface area contributed by atoms with Gasteiger partial charge in [-0.05, 0) is 72.0 Å². The van der Waals surface area contributed by atoms with Crippen LogP contribution in [0.5, 0.6) is 5.88 Å². The number of ether oxygens (including phenoxy) is 1. The normalized spacial score (nSPS) is 16.7. The smallest absolute Gasteiger partial charge is 0.393 e. The molecule has 1 aliphatic heterocycles. The van der Waals surface area contributed by atoms with Crippen molar-refractivity contribution < 1.29 is 35.5 Å². The Balaban J connectivity index is 1.50. The van der Waals surface area contributed by atoms with Crippen LogP contribution in [0.3, 0.4) is 0 Å². The minimum Gasteiger partial charge on any atom is -0.473 e. The number of hydrogen-bond donors (Lipinski definition) is 1. The number of fused-ring (bicyclic) bond motifs is 1. The van der Waals surface area contributed by atoms with Gasteiger partial charge >= 0.3 is 6.18 Å². The topological polar surface area (TPSA) is 108 Å². The number of hydrogen-bond acceptors (Lipinski definition) is 7. The third kappa shape index (κ3) is 8.66. The Morgan fingerprint density at radius 1 is 1.08 bits per heavy atom. The average molecular weight is 686 g/mol. The predicted octanol–water partition coefficient (Wildman–Crippen LogP) is 5.90. The van der Waals surface area contributed by atoms with E-state index in [2.05, 4.69) is 20.1 Å². The molecule has 1 aliphatic rings. The van der Waals surface area contributed by atoms with Crippen molar-refractivity contribution in [1.82, 2.24) is 25.0 Å². The number of carbonyl (C=O) groups is 1. The molecule has 9 nitrogen and oxygen atoms in total. The predicted molar refractivity (Wildman–Crippen MR) is 174 cm³/mol. The Bertz CT molecular complexity index is 1940. The second kappa shape index (κ2) is 14.3. The number of sulfone groups is 1. The van der Waals surface area contributed by atoms with Crippen molar-refractivity contribution in [3.8, 4) is 5.88 Å². The highest BCUT2D eigenvalue weighted by Crippen LogP contribution is 2.40. The molecule has 3 heterocycles. The van der Waals surface area contributed by atoms with Gasteiger partial charge in [-0.15, -0.1) is 5.10 Å². The Labute approximate surface area is 275 Å². The number of likely N-dealkylation sites (tertiary alicyclic amines) is 1. The molecule has 2 aromatic heterocycles. The van der Waals surface area contributed by atoms with Crippen molar-refractivity contribution in [2.45, 2.75) is 36.4 Å². The summed E-state index contributed by atoms with van der Waals surface area (Å²) in [5, 5.41) is 6.22. The lowest BCUT2D eigenvalue weighted by atomic mass is 9.88. The lowest BCUT2D eigenvalue weighted by molar-refractivity contribution is -0.124. The van der Waals surface area contributed by atoms with E-state index in [0.717, 1.165) is 25.6 Å². The van der Waals surface area contributed by atoms with E-state index in [0.29, 0.717) is 24.2 Å². The standard InChI is InChI=1S/C34H35F4N5O4S/c1-42(2)31(44)7-5-17-43-16-4-6-25(21-43)47-30-15-11-24(20-39-30)32(23-10-14-29-27(18-23)33(35)41-40-29)28(19-34(36,37)38)22-8-12-26(13-9-22)48(3,45)46/h5,7-15,18,20,25H,4,6,16-17,19,21H2,1-3H3,(H,40,41)/b7-5?,32-28-/t25-/m1/s1. The number of halogens is 4. The van der Waals surface area contributed by atoms with Gasteiger partial charge in [0.05, 0.1) is 22.2 Å². The fraction of sp³-hybridized carbons (Fsp3) is 0.324. The van der Waals surface area contributed by atoms with Crippen LogP contribution in [0.2, 0.25) is 0 Å². The summed E-state index contributed by atoms with van der Waals surface area (Å²) in [6, 6.07) is 12.9. The molecule has 0 radical (unpaired) electrons. The van der Waals surface area contributed by atoms with Gasteiger partial charge in [0, 0.05) is 57.3 Å². The Kier molecular flexibility index (Phi) is 10.3. The van der Waals surface area contributed by atoms with Crippen LogP contribution < -0.4 is 4.74 Å². The molecule has 48 heavy (non-hydrogen) atoms. The molecule has 0 aliphatic carbocycles. The van der Waals surface area contributed by atoms with E-state index in [4.69, 9.17) is 4.74 Å². The SMILES string of the molecule is CN(C)C(=O)C=CCN1CCC[C@@H](Oc2ccc(/C(=C(/CC(F)(F)F)c3ccc(S(C)(=O)=O)cc3)c3ccc4[nH]nc(F)c4c3)cn2)C1. The van der Waals surface area contributed by atoms with E-state index in [-0.39, 0.29) is 50.4 Å². The number of alkyl halides is 3. The number of amides is 1. The molecule has 0 spiro atoms. The van der Waals surface area contributed by atoms with Gasteiger partial charge in [0.25, 0.3) is 0 Å². The van der Waals surface area contributed by atoms with Crippen LogP contribution in [-0.4, -0.2) is 91.6 Å². The summed E-state index contributed by atoms with van der Waals surface area (Å²) in [4.78, 5) is 19.9. The van der Waals surface area contributed by atoms with Crippen LogP contribution in [0.4, 0.5) is 17.6 Å². The van der Waals surface area contributed by atoms with Crippen LogP contribution in [-0.2, 0) is 14.6 Å².